The average Bonchev–Trinajstić information content (AvgIpc) is 3.21. The van der Waals surface area contributed by atoms with Crippen molar-refractivity contribution in [2.45, 2.75) is 24.2 Å². The van der Waals surface area contributed by atoms with Crippen molar-refractivity contribution in [2.75, 3.05) is 23.7 Å². The number of carbonyl (C=O) groups excluding carboxylic acids is 4. The molecule has 0 radical (unpaired) electrons. The van der Waals surface area contributed by atoms with Gasteiger partial charge in [0.15, 0.2) is 5.41 Å². The Kier molecular flexibility index (Phi) is 15.2. The highest BCUT2D eigenvalue weighted by molar-refractivity contribution is 6.14. The second-order valence-corrected chi connectivity index (χ2v) is 13.2. The molecule has 336 valence electrons. The van der Waals surface area contributed by atoms with Gasteiger partial charge in [-0.15, -0.1) is 0 Å². The second-order valence-electron chi connectivity index (χ2n) is 13.2. The van der Waals surface area contributed by atoms with Gasteiger partial charge in [0, 0.05) is 54.7 Å². The van der Waals surface area contributed by atoms with Gasteiger partial charge >= 0.3 is 36.2 Å². The van der Waals surface area contributed by atoms with Gasteiger partial charge in [-0.3, -0.25) is 19.2 Å². The highest BCUT2D eigenvalue weighted by atomic mass is 19.4. The zero-order chi connectivity index (χ0) is 47.6. The second kappa shape index (κ2) is 20.1. The molecule has 23 heteroatoms. The first-order chi connectivity index (χ1) is 29.9. The van der Waals surface area contributed by atoms with E-state index in [1.807, 2.05) is 5.32 Å². The summed E-state index contributed by atoms with van der Waals surface area (Å²) in [6.45, 7) is -1.01. The summed E-state index contributed by atoms with van der Waals surface area (Å²) in [7, 11) is 0. The van der Waals surface area contributed by atoms with Crippen molar-refractivity contribution in [3.05, 3.63) is 131 Å². The molecular formula is C41H32F6N4O13. The third-order valence-electron chi connectivity index (χ3n) is 9.04. The third-order valence-corrected chi connectivity index (χ3v) is 9.04. The Bertz CT molecular complexity index is 2460. The molecule has 1 unspecified atom stereocenters. The van der Waals surface area contributed by atoms with Gasteiger partial charge in [0.2, 0.25) is 11.8 Å². The predicted molar refractivity (Wildman–Crippen MR) is 208 cm³/mol. The minimum Gasteiger partial charge on any atom is -0.478 e. The topological polar surface area (TPSA) is 275 Å². The van der Waals surface area contributed by atoms with Crippen LogP contribution in [-0.2, 0) is 34.2 Å². The number of aliphatic carboxylic acids is 3. The number of carboxylic acids is 4. The van der Waals surface area contributed by atoms with E-state index < -0.39 is 119 Å². The normalized spacial score (nSPS) is 14.2. The van der Waals surface area contributed by atoms with Gasteiger partial charge in [-0.25, -0.2) is 19.2 Å². The molecule has 0 fully saturated rings. The van der Waals surface area contributed by atoms with Crippen LogP contribution in [0.25, 0.3) is 0 Å². The summed E-state index contributed by atoms with van der Waals surface area (Å²) in [5.74, 6) is -13.7. The van der Waals surface area contributed by atoms with Crippen molar-refractivity contribution >= 4 is 58.9 Å². The highest BCUT2D eigenvalue weighted by Crippen LogP contribution is 2.59. The maximum Gasteiger partial charge on any atom is 0.407 e. The fourth-order valence-corrected chi connectivity index (χ4v) is 6.24. The number of aromatic carboxylic acids is 1. The van der Waals surface area contributed by atoms with E-state index in [1.165, 1.54) is 48.5 Å². The van der Waals surface area contributed by atoms with Crippen LogP contribution < -0.4 is 26.0 Å². The molecule has 64 heavy (non-hydrogen) atoms. The van der Waals surface area contributed by atoms with E-state index >= 15 is 26.3 Å². The monoisotopic (exact) mass is 902 g/mol. The number of alkyl halides is 6. The van der Waals surface area contributed by atoms with E-state index in [-0.39, 0.29) is 41.1 Å². The smallest absolute Gasteiger partial charge is 0.407 e. The number of anilines is 2. The quantitative estimate of drug-likeness (QED) is 0.0492. The van der Waals surface area contributed by atoms with E-state index in [1.54, 1.807) is 0 Å². The molecule has 3 aromatic rings. The van der Waals surface area contributed by atoms with E-state index in [4.69, 9.17) is 14.9 Å². The summed E-state index contributed by atoms with van der Waals surface area (Å²) in [6, 6.07) is 11.3. The number of nitrogens with one attached hydrogen (secondary N) is 4. The van der Waals surface area contributed by atoms with Gasteiger partial charge < -0.3 is 46.4 Å². The summed E-state index contributed by atoms with van der Waals surface area (Å²) < 4.78 is 97.4. The maximum absolute atomic E-state index is 15.3. The number of rotatable bonds is 17. The lowest BCUT2D eigenvalue weighted by molar-refractivity contribution is -0.314. The van der Waals surface area contributed by atoms with E-state index in [2.05, 4.69) is 16.0 Å². The average molecular weight is 903 g/mol. The molecule has 8 N–H and O–H groups in total. The summed E-state index contributed by atoms with van der Waals surface area (Å²) in [6.07, 6.45) is -10.7. The lowest BCUT2D eigenvalue weighted by Crippen LogP contribution is -2.59. The molecular weight excluding hydrogens is 870 g/mol. The van der Waals surface area contributed by atoms with Crippen molar-refractivity contribution in [1.29, 1.82) is 0 Å². The van der Waals surface area contributed by atoms with Crippen LogP contribution in [0.4, 0.5) is 37.7 Å². The molecule has 0 saturated carbocycles. The first-order valence-electron chi connectivity index (χ1n) is 18.0. The van der Waals surface area contributed by atoms with Crippen LogP contribution in [0.5, 0.6) is 11.5 Å². The van der Waals surface area contributed by atoms with Gasteiger partial charge in [-0.05, 0) is 72.6 Å². The van der Waals surface area contributed by atoms with E-state index in [0.29, 0.717) is 30.4 Å². The van der Waals surface area contributed by atoms with Crippen LogP contribution in [0.1, 0.15) is 32.7 Å². The van der Waals surface area contributed by atoms with Crippen LogP contribution in [0, 0.1) is 5.92 Å². The van der Waals surface area contributed by atoms with Crippen molar-refractivity contribution in [1.82, 2.24) is 10.6 Å². The Balaban J connectivity index is 1.64. The number of allylic oxidation sites excluding steroid dienone is 2. The lowest BCUT2D eigenvalue weighted by Gasteiger charge is -2.43. The molecule has 0 bridgehead atoms. The summed E-state index contributed by atoms with van der Waals surface area (Å²) >= 11 is 0. The Hall–Kier alpha value is -8.24. The Morgan fingerprint density at radius 3 is 1.61 bits per heavy atom. The molecule has 4 rings (SSSR count). The number of benzene rings is 3. The molecule has 3 aromatic carbocycles. The third kappa shape index (κ3) is 11.8. The number of carboxylic acid groups (broad SMARTS) is 4. The maximum atomic E-state index is 15.3. The summed E-state index contributed by atoms with van der Waals surface area (Å²) in [5.41, 5.74) is -10.8. The Morgan fingerprint density at radius 2 is 1.11 bits per heavy atom. The first-order valence-corrected chi connectivity index (χ1v) is 18.0. The molecule has 0 heterocycles. The van der Waals surface area contributed by atoms with Gasteiger partial charge in [-0.1, -0.05) is 18.2 Å². The number of hydrogen-bond acceptors (Lipinski definition) is 9. The molecule has 0 saturated heterocycles. The predicted octanol–water partition coefficient (Wildman–Crippen LogP) is 5.20. The SMILES string of the molecule is O=C(O)/C=C\C(=O)NCCNC(=O)c1cc(C(C2C=C(C(=O)Nc3ccc(Oc4ccc(NC(=O)/C=C\C(=O)O)cc4)cc3)C(C(=O)O)=CC2)(C(F)(F)F)C(F)(F)F)ccc1C(=O)O. The molecule has 0 spiro atoms. The van der Waals surface area contributed by atoms with Crippen LogP contribution in [-0.4, -0.2) is 93.4 Å². The Labute approximate surface area is 355 Å². The van der Waals surface area contributed by atoms with Gasteiger partial charge in [-0.2, -0.15) is 26.3 Å². The van der Waals surface area contributed by atoms with Gasteiger partial charge in [0.05, 0.1) is 22.3 Å². The molecule has 0 aromatic heterocycles. The molecule has 1 aliphatic rings. The van der Waals surface area contributed by atoms with Crippen molar-refractivity contribution in [2.24, 2.45) is 5.92 Å². The lowest BCUT2D eigenvalue weighted by atomic mass is 9.65. The minimum absolute atomic E-state index is 0.0660. The minimum atomic E-state index is -6.31. The summed E-state index contributed by atoms with van der Waals surface area (Å²) in [5, 5.41) is 45.5. The zero-order valence-corrected chi connectivity index (χ0v) is 32.2. The fraction of sp³-hybridized carbons (Fsp3) is 0.171. The van der Waals surface area contributed by atoms with Gasteiger partial charge in [0.1, 0.15) is 11.5 Å². The number of amides is 4. The number of carbonyl (C=O) groups is 8. The Morgan fingerprint density at radius 1 is 0.594 bits per heavy atom. The number of hydrogen-bond donors (Lipinski definition) is 8. The molecule has 1 aliphatic carbocycles. The largest absolute Gasteiger partial charge is 0.478 e. The molecule has 4 amide bonds. The van der Waals surface area contributed by atoms with Crippen LogP contribution >= 0.6 is 0 Å². The van der Waals surface area contributed by atoms with E-state index in [0.717, 1.165) is 6.08 Å². The molecule has 0 aliphatic heterocycles. The van der Waals surface area contributed by atoms with E-state index in [9.17, 15) is 48.6 Å². The van der Waals surface area contributed by atoms with Crippen LogP contribution in [0.3, 0.4) is 0 Å². The van der Waals surface area contributed by atoms with Gasteiger partial charge in [0.25, 0.3) is 11.8 Å². The summed E-state index contributed by atoms with van der Waals surface area (Å²) in [4.78, 5) is 95.4. The fourth-order valence-electron chi connectivity index (χ4n) is 6.24. The zero-order valence-electron chi connectivity index (χ0n) is 32.2. The molecule has 1 atom stereocenters. The van der Waals surface area contributed by atoms with Crippen LogP contribution in [0.2, 0.25) is 0 Å². The number of ether oxygens (including phenoxy) is 1. The highest BCUT2D eigenvalue weighted by Gasteiger charge is 2.74. The van der Waals surface area contributed by atoms with Crippen molar-refractivity contribution < 1.29 is 89.9 Å². The number of halogens is 6. The van der Waals surface area contributed by atoms with Crippen molar-refractivity contribution in [3.8, 4) is 11.5 Å². The van der Waals surface area contributed by atoms with Crippen molar-refractivity contribution in [3.63, 3.8) is 0 Å². The van der Waals surface area contributed by atoms with Crippen LogP contribution in [0.15, 0.2) is 114 Å². The first kappa shape index (κ1) is 48.4. The molecule has 17 nitrogen and oxygen atoms in total. The standard InChI is InChI=1S/C41H32F6N4O13/c42-40(43,44)39(41(45,46)47,21-1-11-27(37(60)61)29(19-21)35(58)49-18-17-48-31(52)13-15-33(54)55)22-2-12-28(38(62)63)30(20-22)36(59)51-24-5-9-26(10-6-24)64-25-7-3-23(4-8-25)50-32(53)14-16-34(56)57/h1,3-16,19-20,22H,2,17-18H2,(H,48,52)(H,49,58)(H,50,53)(H,51,59)(H,54,55)(H,56,57)(H,60,61)(H,62,63)/b15-13-,16-14-.